The molecular weight excluding hydrogens is 364 g/mol. The van der Waals surface area contributed by atoms with Crippen molar-refractivity contribution in [3.63, 3.8) is 0 Å². The maximum Gasteiger partial charge on any atom is 0.339 e. The van der Waals surface area contributed by atoms with Crippen LogP contribution in [0.4, 0.5) is 10.5 Å². The van der Waals surface area contributed by atoms with E-state index < -0.39 is 11.9 Å². The van der Waals surface area contributed by atoms with Crippen molar-refractivity contribution in [1.29, 1.82) is 0 Å². The van der Waals surface area contributed by atoms with Crippen molar-refractivity contribution in [1.82, 2.24) is 4.31 Å². The van der Waals surface area contributed by atoms with Crippen LogP contribution < -0.4 is 10.1 Å². The molecule has 3 rings (SSSR count). The van der Waals surface area contributed by atoms with E-state index in [1.807, 2.05) is 18.2 Å². The molecule has 2 aromatic carbocycles. The Morgan fingerprint density at radius 1 is 1.15 bits per heavy atom. The second-order valence-corrected chi connectivity index (χ2v) is 6.66. The first kappa shape index (κ1) is 19.3. The Morgan fingerprint density at radius 2 is 1.85 bits per heavy atom. The van der Waals surface area contributed by atoms with Crippen molar-refractivity contribution in [2.45, 2.75) is 18.8 Å². The number of carbonyl (C=O) groups excluding carboxylic acids is 2. The van der Waals surface area contributed by atoms with E-state index in [-0.39, 0.29) is 0 Å². The maximum atomic E-state index is 12.5. The normalized spacial score (nSPS) is 14.4. The number of hydrogen-bond acceptors (Lipinski definition) is 5. The van der Waals surface area contributed by atoms with E-state index >= 15 is 0 Å². The number of benzene rings is 2. The molecule has 27 heavy (non-hydrogen) atoms. The van der Waals surface area contributed by atoms with E-state index in [4.69, 9.17) is 9.47 Å². The van der Waals surface area contributed by atoms with Crippen LogP contribution in [0.25, 0.3) is 0 Å². The van der Waals surface area contributed by atoms with Gasteiger partial charge in [0, 0.05) is 18.8 Å². The van der Waals surface area contributed by atoms with Gasteiger partial charge in [-0.1, -0.05) is 37.1 Å². The van der Waals surface area contributed by atoms with Crippen molar-refractivity contribution >= 4 is 30.4 Å². The lowest BCUT2D eigenvalue weighted by Gasteiger charge is -2.24. The predicted octanol–water partition coefficient (Wildman–Crippen LogP) is 4.11. The van der Waals surface area contributed by atoms with Crippen LogP contribution in [0.5, 0.6) is 5.75 Å². The van der Waals surface area contributed by atoms with Crippen molar-refractivity contribution < 1.29 is 19.1 Å². The van der Waals surface area contributed by atoms with Crippen LogP contribution in [0.15, 0.2) is 48.5 Å². The van der Waals surface area contributed by atoms with Crippen LogP contribution in [0, 0.1) is 0 Å². The van der Waals surface area contributed by atoms with E-state index in [9.17, 15) is 9.59 Å². The monoisotopic (exact) mass is 386 g/mol. The number of anilines is 1. The number of imide groups is 1. The average Bonchev–Trinajstić information content (AvgIpc) is 2.73. The van der Waals surface area contributed by atoms with E-state index in [1.165, 1.54) is 7.11 Å². The summed E-state index contributed by atoms with van der Waals surface area (Å²) in [6.07, 6.45) is 1.87. The van der Waals surface area contributed by atoms with Crippen molar-refractivity contribution in [2.24, 2.45) is 0 Å². The van der Waals surface area contributed by atoms with Crippen LogP contribution in [0.2, 0.25) is 0 Å². The molecule has 1 aliphatic rings. The highest BCUT2D eigenvalue weighted by molar-refractivity contribution is 7.79. The molecule has 0 atom stereocenters. The highest BCUT2D eigenvalue weighted by atomic mass is 32.1. The summed E-state index contributed by atoms with van der Waals surface area (Å²) in [5.41, 5.74) is 1.99. The highest BCUT2D eigenvalue weighted by Crippen LogP contribution is 2.33. The Morgan fingerprint density at radius 3 is 2.52 bits per heavy atom. The summed E-state index contributed by atoms with van der Waals surface area (Å²) in [6.45, 7) is 1.46. The van der Waals surface area contributed by atoms with Gasteiger partial charge in [-0.25, -0.2) is 9.10 Å². The van der Waals surface area contributed by atoms with Crippen LogP contribution in [0.1, 0.15) is 34.7 Å². The molecule has 0 bridgehead atoms. The predicted molar refractivity (Wildman–Crippen MR) is 106 cm³/mol. The fourth-order valence-corrected chi connectivity index (χ4v) is 3.24. The SMILES string of the molecule is COc1ccc(C2CCOCC2)cc1NC(=O)N(S)C(=O)c1ccccc1. The van der Waals surface area contributed by atoms with E-state index in [0.717, 1.165) is 35.9 Å². The summed E-state index contributed by atoms with van der Waals surface area (Å²) >= 11 is 4.07. The maximum absolute atomic E-state index is 12.5. The third-order valence-corrected chi connectivity index (χ3v) is 4.93. The first-order chi connectivity index (χ1) is 13.1. The van der Waals surface area contributed by atoms with E-state index in [2.05, 4.69) is 18.1 Å². The molecule has 2 aromatic rings. The van der Waals surface area contributed by atoms with Crippen LogP contribution >= 0.6 is 12.8 Å². The number of nitrogens with zero attached hydrogens (tertiary/aromatic N) is 1. The van der Waals surface area contributed by atoms with E-state index in [0.29, 0.717) is 22.9 Å². The van der Waals surface area contributed by atoms with Gasteiger partial charge < -0.3 is 14.8 Å². The Balaban J connectivity index is 1.76. The Bertz CT molecular complexity index is 807. The summed E-state index contributed by atoms with van der Waals surface area (Å²) in [5, 5.41) is 2.72. The Kier molecular flexibility index (Phi) is 6.36. The minimum atomic E-state index is -0.644. The summed E-state index contributed by atoms with van der Waals surface area (Å²) in [4.78, 5) is 24.9. The number of nitrogens with one attached hydrogen (secondary N) is 1. The van der Waals surface area contributed by atoms with Crippen LogP contribution in [-0.2, 0) is 4.74 Å². The zero-order chi connectivity index (χ0) is 19.2. The van der Waals surface area contributed by atoms with Gasteiger partial charge in [-0.15, -0.1) is 0 Å². The third kappa shape index (κ3) is 4.61. The first-order valence-electron chi connectivity index (χ1n) is 8.75. The summed E-state index contributed by atoms with van der Waals surface area (Å²) in [7, 11) is 1.53. The number of thiol groups is 1. The highest BCUT2D eigenvalue weighted by Gasteiger charge is 2.22. The smallest absolute Gasteiger partial charge is 0.339 e. The minimum Gasteiger partial charge on any atom is -0.495 e. The summed E-state index contributed by atoms with van der Waals surface area (Å²) in [5.74, 6) is 0.391. The minimum absolute atomic E-state index is 0.373. The molecule has 7 heteroatoms. The lowest BCUT2D eigenvalue weighted by molar-refractivity contribution is 0.0853. The molecule has 6 nitrogen and oxygen atoms in total. The fourth-order valence-electron chi connectivity index (χ4n) is 3.07. The fraction of sp³-hybridized carbons (Fsp3) is 0.300. The quantitative estimate of drug-likeness (QED) is 0.776. The molecule has 0 saturated carbocycles. The van der Waals surface area contributed by atoms with Gasteiger partial charge in [0.05, 0.1) is 12.8 Å². The number of hydrogen-bond donors (Lipinski definition) is 2. The van der Waals surface area contributed by atoms with Gasteiger partial charge >= 0.3 is 6.03 Å². The molecule has 0 radical (unpaired) electrons. The third-order valence-electron chi connectivity index (χ3n) is 4.56. The van der Waals surface area contributed by atoms with E-state index in [1.54, 1.807) is 30.3 Å². The second kappa shape index (κ2) is 8.92. The largest absolute Gasteiger partial charge is 0.495 e. The average molecular weight is 386 g/mol. The molecule has 1 heterocycles. The summed E-state index contributed by atoms with van der Waals surface area (Å²) < 4.78 is 11.5. The van der Waals surface area contributed by atoms with Gasteiger partial charge in [-0.2, -0.15) is 0 Å². The second-order valence-electron chi connectivity index (χ2n) is 6.26. The van der Waals surface area contributed by atoms with Gasteiger partial charge in [0.15, 0.2) is 0 Å². The molecule has 0 unspecified atom stereocenters. The van der Waals surface area contributed by atoms with Crippen molar-refractivity contribution in [3.8, 4) is 5.75 Å². The number of carbonyl (C=O) groups is 2. The molecule has 1 saturated heterocycles. The molecule has 0 aliphatic carbocycles. The zero-order valence-electron chi connectivity index (χ0n) is 15.1. The lowest BCUT2D eigenvalue weighted by atomic mass is 9.91. The first-order valence-corrected chi connectivity index (χ1v) is 9.15. The zero-order valence-corrected chi connectivity index (χ0v) is 15.9. The van der Waals surface area contributed by atoms with Crippen molar-refractivity contribution in [2.75, 3.05) is 25.6 Å². The molecule has 1 fully saturated rings. The summed E-state index contributed by atoms with van der Waals surface area (Å²) in [6, 6.07) is 13.6. The molecule has 1 aliphatic heterocycles. The Labute approximate surface area is 164 Å². The topological polar surface area (TPSA) is 67.9 Å². The molecule has 142 valence electrons. The molecule has 0 aromatic heterocycles. The van der Waals surface area contributed by atoms with Crippen molar-refractivity contribution in [3.05, 3.63) is 59.7 Å². The molecule has 0 spiro atoms. The van der Waals surface area contributed by atoms with Gasteiger partial charge in [0.1, 0.15) is 5.75 Å². The van der Waals surface area contributed by atoms with Gasteiger partial charge in [-0.05, 0) is 48.6 Å². The van der Waals surface area contributed by atoms with Gasteiger partial charge in [0.25, 0.3) is 5.91 Å². The molecule has 3 amide bonds. The number of rotatable bonds is 4. The molecule has 1 N–H and O–H groups in total. The van der Waals surface area contributed by atoms with Crippen LogP contribution in [0.3, 0.4) is 0 Å². The van der Waals surface area contributed by atoms with Gasteiger partial charge in [0.2, 0.25) is 0 Å². The number of urea groups is 1. The lowest BCUT2D eigenvalue weighted by Crippen LogP contribution is -2.32. The molecular formula is C20H22N2O4S. The standard InChI is InChI=1S/C20H22N2O4S/c1-25-18-8-7-16(14-9-11-26-12-10-14)13-17(18)21-20(24)22(27)19(23)15-5-3-2-4-6-15/h2-8,13-14,27H,9-12H2,1H3,(H,21,24). The Hall–Kier alpha value is -2.51. The number of amides is 3. The van der Waals surface area contributed by atoms with Gasteiger partial charge in [-0.3, -0.25) is 4.79 Å². The number of methoxy groups -OCH3 is 1. The number of ether oxygens (including phenoxy) is 2. The van der Waals surface area contributed by atoms with Crippen LogP contribution in [-0.4, -0.2) is 36.6 Å².